The van der Waals surface area contributed by atoms with Crippen molar-refractivity contribution >= 4 is 43.6 Å². The fourth-order valence-electron chi connectivity index (χ4n) is 6.22. The fourth-order valence-corrected chi connectivity index (χ4v) is 6.22. The summed E-state index contributed by atoms with van der Waals surface area (Å²) >= 11 is 0. The Labute approximate surface area is 291 Å². The molecule has 7 rings (SSSR count). The molecule has 6 nitrogen and oxygen atoms in total. The van der Waals surface area contributed by atoms with Gasteiger partial charge in [-0.15, -0.1) is 0 Å². The molecule has 54 heavy (non-hydrogen) atoms. The molecule has 0 aliphatic rings. The highest BCUT2D eigenvalue weighted by molar-refractivity contribution is 6.15. The van der Waals surface area contributed by atoms with Crippen LogP contribution in [0.4, 0.5) is 52.7 Å². The lowest BCUT2D eigenvalue weighted by molar-refractivity contribution is -0.144. The number of nitriles is 2. The van der Waals surface area contributed by atoms with Gasteiger partial charge < -0.3 is 0 Å². The third-order valence-corrected chi connectivity index (χ3v) is 8.57. The number of aromatic nitrogens is 2. The van der Waals surface area contributed by atoms with Crippen LogP contribution in [0, 0.1) is 22.9 Å². The summed E-state index contributed by atoms with van der Waals surface area (Å²) in [6, 6.07) is 9.57. The lowest BCUT2D eigenvalue weighted by Gasteiger charge is -2.14. The van der Waals surface area contributed by atoms with Crippen molar-refractivity contribution in [3.05, 3.63) is 106 Å². The number of alkyl halides is 12. The predicted molar refractivity (Wildman–Crippen MR) is 168 cm³/mol. The zero-order valence-electron chi connectivity index (χ0n) is 26.1. The minimum absolute atomic E-state index is 0.0226. The van der Waals surface area contributed by atoms with Crippen molar-refractivity contribution in [2.24, 2.45) is 9.98 Å². The highest BCUT2D eigenvalue weighted by atomic mass is 19.4. The third-order valence-electron chi connectivity index (χ3n) is 8.57. The number of hydrogen-bond acceptors (Lipinski definition) is 6. The Bertz CT molecular complexity index is 2650. The molecule has 0 amide bonds. The molecule has 0 aliphatic carbocycles. The number of nitrogens with zero attached hydrogens (tertiary/aromatic N) is 6. The van der Waals surface area contributed by atoms with Gasteiger partial charge in [-0.3, -0.25) is 0 Å². The maximum atomic E-state index is 13.6. The Balaban J connectivity index is 1.48. The molecule has 0 saturated carbocycles. The third kappa shape index (κ3) is 6.09. The molecule has 270 valence electrons. The zero-order valence-corrected chi connectivity index (χ0v) is 26.1. The fraction of sp³-hybridized carbons (Fsp3) is 0.111. The van der Waals surface area contributed by atoms with Gasteiger partial charge in [0, 0.05) is 21.5 Å². The quantitative estimate of drug-likeness (QED) is 0.130. The van der Waals surface area contributed by atoms with E-state index in [0.717, 1.165) is 0 Å². The monoisotopic (exact) mass is 756 g/mol. The number of hydrogen-bond donors (Lipinski definition) is 0. The van der Waals surface area contributed by atoms with Crippen molar-refractivity contribution in [2.45, 2.75) is 24.7 Å². The van der Waals surface area contributed by atoms with E-state index >= 15 is 0 Å². The van der Waals surface area contributed by atoms with Crippen molar-refractivity contribution in [3.63, 3.8) is 0 Å². The first-order valence-corrected chi connectivity index (χ1v) is 14.9. The van der Waals surface area contributed by atoms with Crippen LogP contribution in [0.15, 0.2) is 82.8 Å². The Hall–Kier alpha value is -6.56. The van der Waals surface area contributed by atoms with E-state index in [9.17, 15) is 63.2 Å². The van der Waals surface area contributed by atoms with E-state index in [0.29, 0.717) is 24.3 Å². The molecular formula is C36H12F12N6. The highest BCUT2D eigenvalue weighted by Gasteiger charge is 2.38. The first kappa shape index (κ1) is 35.8. The van der Waals surface area contributed by atoms with Gasteiger partial charge in [-0.05, 0) is 70.8 Å². The average molecular weight is 757 g/mol. The maximum absolute atomic E-state index is 13.6. The minimum atomic E-state index is -5.12. The largest absolute Gasteiger partial charge is 0.416 e. The van der Waals surface area contributed by atoms with E-state index in [4.69, 9.17) is 0 Å². The van der Waals surface area contributed by atoms with Gasteiger partial charge in [0.05, 0.1) is 33.3 Å². The van der Waals surface area contributed by atoms with Gasteiger partial charge in [0.1, 0.15) is 21.7 Å². The Morgan fingerprint density at radius 2 is 0.704 bits per heavy atom. The van der Waals surface area contributed by atoms with Crippen molar-refractivity contribution in [3.8, 4) is 34.6 Å². The van der Waals surface area contributed by atoms with E-state index in [-0.39, 0.29) is 77.6 Å². The molecular weight excluding hydrogens is 744 g/mol. The molecule has 0 unspecified atom stereocenters. The van der Waals surface area contributed by atoms with Gasteiger partial charge in [0.15, 0.2) is 0 Å². The smallest absolute Gasteiger partial charge is 0.241 e. The summed E-state index contributed by atoms with van der Waals surface area (Å²) in [6.07, 6.45) is -17.3. The summed E-state index contributed by atoms with van der Waals surface area (Å²) in [5, 5.41) is 19.3. The molecule has 0 aliphatic heterocycles. The molecule has 1 heterocycles. The lowest BCUT2D eigenvalue weighted by Crippen LogP contribution is -2.11. The Morgan fingerprint density at radius 3 is 0.981 bits per heavy atom. The van der Waals surface area contributed by atoms with Crippen LogP contribution < -0.4 is 10.7 Å². The number of rotatable bonds is 2. The second-order valence-corrected chi connectivity index (χ2v) is 11.8. The standard InChI is InChI=1S/C36H12F12N6/c37-33(38,39)19-5-17(6-20(11-19)34(40,41)42)15-1-3-23-25(9-15)27(51-13-49)31-29(23)53-32-28(52-14-50)26-10-16(2-4-24(26)30(32)54-31)18-7-21(35(43,44)45)12-22(8-18)36(46,47)48/h1-12H/b51-27+,52-28+. The van der Waals surface area contributed by atoms with Crippen molar-refractivity contribution in [2.75, 3.05) is 0 Å². The molecule has 1 aromatic heterocycles. The molecule has 0 fully saturated rings. The molecule has 0 radical (unpaired) electrons. The first-order chi connectivity index (χ1) is 25.2. The van der Waals surface area contributed by atoms with Gasteiger partial charge in [0.25, 0.3) is 0 Å². The lowest BCUT2D eigenvalue weighted by atomic mass is 9.98. The summed E-state index contributed by atoms with van der Waals surface area (Å²) in [6.45, 7) is 0. The van der Waals surface area contributed by atoms with Crippen LogP contribution in [0.5, 0.6) is 0 Å². The van der Waals surface area contributed by atoms with Crippen molar-refractivity contribution in [1.82, 2.24) is 9.97 Å². The molecule has 7 aromatic rings. The van der Waals surface area contributed by atoms with Crippen molar-refractivity contribution < 1.29 is 52.7 Å². The summed E-state index contributed by atoms with van der Waals surface area (Å²) < 4.78 is 163. The van der Waals surface area contributed by atoms with Crippen LogP contribution in [0.25, 0.3) is 65.9 Å². The topological polar surface area (TPSA) is 98.1 Å². The Morgan fingerprint density at radius 1 is 0.389 bits per heavy atom. The number of halogens is 12. The van der Waals surface area contributed by atoms with Gasteiger partial charge in [-0.25, -0.2) is 9.97 Å². The normalized spacial score (nSPS) is 13.7. The molecule has 0 bridgehead atoms. The van der Waals surface area contributed by atoms with Crippen molar-refractivity contribution in [1.29, 1.82) is 10.5 Å². The highest BCUT2D eigenvalue weighted by Crippen LogP contribution is 2.41. The van der Waals surface area contributed by atoms with Crippen LogP contribution in [0.1, 0.15) is 22.3 Å². The van der Waals surface area contributed by atoms with Crippen LogP contribution in [-0.2, 0) is 24.7 Å². The second-order valence-electron chi connectivity index (χ2n) is 11.8. The second kappa shape index (κ2) is 12.0. The van der Waals surface area contributed by atoms with E-state index in [1.807, 2.05) is 0 Å². The maximum Gasteiger partial charge on any atom is 0.416 e. The molecule has 0 spiro atoms. The van der Waals surface area contributed by atoms with Gasteiger partial charge in [0.2, 0.25) is 12.4 Å². The molecule has 6 aromatic carbocycles. The summed E-state index contributed by atoms with van der Waals surface area (Å²) in [4.78, 5) is 16.8. The molecule has 18 heteroatoms. The first-order valence-electron chi connectivity index (χ1n) is 14.9. The van der Waals surface area contributed by atoms with Crippen LogP contribution in [0.3, 0.4) is 0 Å². The van der Waals surface area contributed by atoms with Gasteiger partial charge in [-0.1, -0.05) is 24.3 Å². The summed E-state index contributed by atoms with van der Waals surface area (Å²) in [5.74, 6) is 0. The van der Waals surface area contributed by atoms with Crippen LogP contribution in [0.2, 0.25) is 0 Å². The van der Waals surface area contributed by atoms with Crippen LogP contribution in [-0.4, -0.2) is 9.97 Å². The SMILES string of the molecule is N#C/N=c1\c2cc(-c3cc(C(F)(F)F)cc(C(F)(F)F)c3)ccc2c2nc3/c(=N/C#N)c4cc(-c5cc(C(F)(F)F)cc(C(F)(F)F)c5)ccc4c3nc12. The number of benzene rings is 4. The summed E-state index contributed by atoms with van der Waals surface area (Å²) in [5.41, 5.74) is -7.39. The predicted octanol–water partition coefficient (Wildman–Crippen LogP) is 10.1. The number of fused-ring (bicyclic) bond motifs is 6. The average Bonchev–Trinajstić information content (AvgIpc) is 3.56. The molecule has 0 N–H and O–H groups in total. The zero-order chi connectivity index (χ0) is 39.1. The van der Waals surface area contributed by atoms with E-state index in [1.165, 1.54) is 36.4 Å². The summed E-state index contributed by atoms with van der Waals surface area (Å²) in [7, 11) is 0. The van der Waals surface area contributed by atoms with E-state index < -0.39 is 58.1 Å². The van der Waals surface area contributed by atoms with Gasteiger partial charge in [-0.2, -0.15) is 73.2 Å². The van der Waals surface area contributed by atoms with E-state index in [2.05, 4.69) is 20.0 Å². The molecule has 0 atom stereocenters. The van der Waals surface area contributed by atoms with Crippen LogP contribution >= 0.6 is 0 Å². The minimum Gasteiger partial charge on any atom is -0.241 e. The molecule has 0 saturated heterocycles. The Kier molecular flexibility index (Phi) is 7.95. The van der Waals surface area contributed by atoms with Gasteiger partial charge >= 0.3 is 24.7 Å². The van der Waals surface area contributed by atoms with E-state index in [1.54, 1.807) is 12.4 Å².